The molecule has 1 fully saturated rings. The molecule has 0 aromatic heterocycles. The number of aromatic carboxylic acids is 1. The predicted octanol–water partition coefficient (Wildman–Crippen LogP) is -1.72. The van der Waals surface area contributed by atoms with Gasteiger partial charge in [0.2, 0.25) is 0 Å². The van der Waals surface area contributed by atoms with Crippen LogP contribution in [0.1, 0.15) is 10.4 Å². The number of fused-ring (bicyclic) bond motifs is 1. The van der Waals surface area contributed by atoms with Gasteiger partial charge in [-0.15, -0.1) is 0 Å². The highest BCUT2D eigenvalue weighted by atomic mass is 16.9. The fourth-order valence-corrected chi connectivity index (χ4v) is 2.41. The Hall–Kier alpha value is -1.91. The molecule has 0 amide bonds. The van der Waals surface area contributed by atoms with Crippen LogP contribution in [-0.4, -0.2) is 68.5 Å². The van der Waals surface area contributed by atoms with E-state index in [1.54, 1.807) is 0 Å². The number of ether oxygens (including phenoxy) is 3. The van der Waals surface area contributed by atoms with E-state index in [4.69, 9.17) is 19.3 Å². The molecule has 3 rings (SSSR count). The van der Waals surface area contributed by atoms with Gasteiger partial charge in [0.25, 0.3) is 0 Å². The number of rotatable bonds is 2. The van der Waals surface area contributed by atoms with Crippen LogP contribution in [0, 0.1) is 0 Å². The molecule has 0 bridgehead atoms. The highest BCUT2D eigenvalue weighted by Crippen LogP contribution is 2.45. The van der Waals surface area contributed by atoms with E-state index in [1.807, 2.05) is 0 Å². The van der Waals surface area contributed by atoms with Crippen molar-refractivity contribution in [3.8, 4) is 11.5 Å². The zero-order chi connectivity index (χ0) is 16.1. The lowest BCUT2D eigenvalue weighted by atomic mass is 9.98. The van der Waals surface area contributed by atoms with Gasteiger partial charge in [0.05, 0.1) is 12.2 Å². The number of carboxylic acid groups (broad SMARTS) is 1. The van der Waals surface area contributed by atoms with Crippen molar-refractivity contribution in [2.75, 3.05) is 6.61 Å². The third kappa shape index (κ3) is 2.11. The molecule has 22 heavy (non-hydrogen) atoms. The van der Waals surface area contributed by atoms with Gasteiger partial charge in [-0.3, -0.25) is 4.74 Å². The molecule has 5 unspecified atom stereocenters. The predicted molar refractivity (Wildman–Crippen MR) is 67.4 cm³/mol. The van der Waals surface area contributed by atoms with Crippen molar-refractivity contribution < 1.29 is 44.5 Å². The fourth-order valence-electron chi connectivity index (χ4n) is 2.41. The maximum absolute atomic E-state index is 10.9. The summed E-state index contributed by atoms with van der Waals surface area (Å²) in [5.74, 6) is -3.24. The Balaban J connectivity index is 1.93. The van der Waals surface area contributed by atoms with Crippen LogP contribution in [-0.2, 0) is 4.74 Å². The van der Waals surface area contributed by atoms with E-state index in [1.165, 1.54) is 18.2 Å². The standard InChI is InChI=1S/C13H14O9/c14-4-8-9(15)10(16)11(17)13(22-8)20-6-2-1-5(12(18)19)3-7(6)21-13/h1-3,8-11,14-17H,4H2,(H,18,19). The monoisotopic (exact) mass is 314 g/mol. The van der Waals surface area contributed by atoms with Gasteiger partial charge >= 0.3 is 11.9 Å². The number of hydrogen-bond acceptors (Lipinski definition) is 8. The number of aliphatic hydroxyl groups excluding tert-OH is 4. The van der Waals surface area contributed by atoms with Crippen molar-refractivity contribution in [3.63, 3.8) is 0 Å². The second-order valence-electron chi connectivity index (χ2n) is 5.04. The Morgan fingerprint density at radius 1 is 1.14 bits per heavy atom. The molecular formula is C13H14O9. The van der Waals surface area contributed by atoms with Crippen molar-refractivity contribution in [2.24, 2.45) is 0 Å². The number of carbonyl (C=O) groups is 1. The number of benzene rings is 1. The minimum atomic E-state index is -2.16. The highest BCUT2D eigenvalue weighted by molar-refractivity contribution is 5.88. The van der Waals surface area contributed by atoms with Crippen molar-refractivity contribution >= 4 is 5.97 Å². The first kappa shape index (κ1) is 15.0. The van der Waals surface area contributed by atoms with Gasteiger partial charge in [-0.1, -0.05) is 0 Å². The molecule has 2 aliphatic rings. The number of aliphatic hydroxyl groups is 4. The van der Waals surface area contributed by atoms with Crippen molar-refractivity contribution in [1.29, 1.82) is 0 Å². The molecule has 0 radical (unpaired) electrons. The second kappa shape index (κ2) is 5.07. The summed E-state index contributed by atoms with van der Waals surface area (Å²) in [6.07, 6.45) is -6.23. The summed E-state index contributed by atoms with van der Waals surface area (Å²) in [6.45, 7) is -0.643. The maximum atomic E-state index is 10.9. The van der Waals surface area contributed by atoms with Gasteiger partial charge in [0.15, 0.2) is 17.6 Å². The highest BCUT2D eigenvalue weighted by Gasteiger charge is 2.60. The summed E-state index contributed by atoms with van der Waals surface area (Å²) in [6, 6.07) is 3.76. The SMILES string of the molecule is O=C(O)c1ccc2c(c1)OC1(O2)OC(CO)C(O)C(O)C1O. The average molecular weight is 314 g/mol. The molecule has 2 heterocycles. The summed E-state index contributed by atoms with van der Waals surface area (Å²) in [5.41, 5.74) is -0.0657. The third-order valence-corrected chi connectivity index (χ3v) is 3.61. The van der Waals surface area contributed by atoms with Crippen molar-refractivity contribution in [2.45, 2.75) is 30.4 Å². The molecule has 1 aromatic rings. The second-order valence-corrected chi connectivity index (χ2v) is 5.04. The Labute approximate surface area is 123 Å². The summed E-state index contributed by atoms with van der Waals surface area (Å²) < 4.78 is 16.0. The molecule has 9 nitrogen and oxygen atoms in total. The lowest BCUT2D eigenvalue weighted by Gasteiger charge is -2.43. The number of hydrogen-bond donors (Lipinski definition) is 5. The number of carboxylic acids is 1. The van der Waals surface area contributed by atoms with E-state index in [0.717, 1.165) is 0 Å². The van der Waals surface area contributed by atoms with Crippen LogP contribution in [0.3, 0.4) is 0 Å². The van der Waals surface area contributed by atoms with Gasteiger partial charge in [-0.2, -0.15) is 0 Å². The summed E-state index contributed by atoms with van der Waals surface area (Å²) in [4.78, 5) is 10.9. The van der Waals surface area contributed by atoms with Crippen LogP contribution in [0.2, 0.25) is 0 Å². The zero-order valence-corrected chi connectivity index (χ0v) is 11.1. The molecule has 0 saturated carbocycles. The van der Waals surface area contributed by atoms with Crippen LogP contribution in [0.25, 0.3) is 0 Å². The van der Waals surface area contributed by atoms with Crippen LogP contribution in [0.15, 0.2) is 18.2 Å². The molecule has 1 spiro atoms. The van der Waals surface area contributed by atoms with E-state index in [9.17, 15) is 25.2 Å². The third-order valence-electron chi connectivity index (χ3n) is 3.61. The lowest BCUT2D eigenvalue weighted by molar-refractivity contribution is -0.397. The summed E-state index contributed by atoms with van der Waals surface area (Å²) in [5, 5.41) is 47.8. The molecule has 1 saturated heterocycles. The Morgan fingerprint density at radius 2 is 1.82 bits per heavy atom. The first-order valence-corrected chi connectivity index (χ1v) is 6.46. The van der Waals surface area contributed by atoms with E-state index >= 15 is 0 Å². The van der Waals surface area contributed by atoms with E-state index < -0.39 is 43.0 Å². The zero-order valence-electron chi connectivity index (χ0n) is 11.1. The topological polar surface area (TPSA) is 146 Å². The maximum Gasteiger partial charge on any atom is 0.403 e. The van der Waals surface area contributed by atoms with Crippen LogP contribution < -0.4 is 9.47 Å². The molecule has 2 aliphatic heterocycles. The van der Waals surface area contributed by atoms with Crippen LogP contribution in [0.5, 0.6) is 11.5 Å². The van der Waals surface area contributed by atoms with Crippen LogP contribution >= 0.6 is 0 Å². The minimum Gasteiger partial charge on any atom is -0.478 e. The molecule has 1 aromatic carbocycles. The van der Waals surface area contributed by atoms with Crippen molar-refractivity contribution in [3.05, 3.63) is 23.8 Å². The van der Waals surface area contributed by atoms with Crippen molar-refractivity contribution in [1.82, 2.24) is 0 Å². The normalized spacial score (nSPS) is 36.5. The molecule has 5 N–H and O–H groups in total. The summed E-state index contributed by atoms with van der Waals surface area (Å²) in [7, 11) is 0. The van der Waals surface area contributed by atoms with Gasteiger partial charge in [0, 0.05) is 0 Å². The average Bonchev–Trinajstić information content (AvgIpc) is 2.87. The van der Waals surface area contributed by atoms with Gasteiger partial charge in [-0.05, 0) is 18.2 Å². The lowest BCUT2D eigenvalue weighted by Crippen LogP contribution is -2.68. The smallest absolute Gasteiger partial charge is 0.403 e. The Morgan fingerprint density at radius 3 is 2.45 bits per heavy atom. The fraction of sp³-hybridized carbons (Fsp3) is 0.462. The molecule has 120 valence electrons. The van der Waals surface area contributed by atoms with Crippen LogP contribution in [0.4, 0.5) is 0 Å². The quantitative estimate of drug-likeness (QED) is 0.430. The molecule has 9 heteroatoms. The largest absolute Gasteiger partial charge is 0.478 e. The van der Waals surface area contributed by atoms with Gasteiger partial charge < -0.3 is 35.0 Å². The molecule has 0 aliphatic carbocycles. The van der Waals surface area contributed by atoms with Gasteiger partial charge in [0.1, 0.15) is 18.3 Å². The van der Waals surface area contributed by atoms with E-state index in [0.29, 0.717) is 0 Å². The van der Waals surface area contributed by atoms with Gasteiger partial charge in [-0.25, -0.2) is 4.79 Å². The van der Waals surface area contributed by atoms with E-state index in [-0.39, 0.29) is 17.1 Å². The first-order valence-electron chi connectivity index (χ1n) is 6.46. The molecular weight excluding hydrogens is 300 g/mol. The first-order chi connectivity index (χ1) is 10.4. The Bertz CT molecular complexity index is 601. The molecule has 5 atom stereocenters. The summed E-state index contributed by atoms with van der Waals surface area (Å²) >= 11 is 0. The van der Waals surface area contributed by atoms with E-state index in [2.05, 4.69) is 0 Å². The Kier molecular flexibility index (Phi) is 3.46. The minimum absolute atomic E-state index is 0.000713.